The smallest absolute Gasteiger partial charge is 0.0697 e. The van der Waals surface area contributed by atoms with Gasteiger partial charge in [0, 0.05) is 11.8 Å². The number of hydrogen-bond acceptors (Lipinski definition) is 1. The van der Waals surface area contributed by atoms with Gasteiger partial charge in [-0.3, -0.25) is 4.99 Å². The van der Waals surface area contributed by atoms with Gasteiger partial charge in [0.1, 0.15) is 0 Å². The van der Waals surface area contributed by atoms with Gasteiger partial charge >= 0.3 is 0 Å². The van der Waals surface area contributed by atoms with Gasteiger partial charge in [-0.25, -0.2) is 0 Å². The van der Waals surface area contributed by atoms with Crippen molar-refractivity contribution in [1.29, 1.82) is 0 Å². The number of nitrogens with zero attached hydrogens (tertiary/aromatic N) is 1. The van der Waals surface area contributed by atoms with E-state index in [2.05, 4.69) is 11.6 Å². The fraction of sp³-hybridized carbons (Fsp3) is 0.0833. The molecule has 1 aromatic carbocycles. The lowest BCUT2D eigenvalue weighted by molar-refractivity contribution is 1.51. The monoisotopic (exact) mass is 171 g/mol. The highest BCUT2D eigenvalue weighted by Crippen LogP contribution is 2.14. The van der Waals surface area contributed by atoms with Crippen molar-refractivity contribution in [3.05, 3.63) is 54.6 Å². The number of benzene rings is 1. The first kappa shape index (κ1) is 9.46. The summed E-state index contributed by atoms with van der Waals surface area (Å²) in [4.78, 5) is 4.25. The van der Waals surface area contributed by atoms with Gasteiger partial charge in [0.2, 0.25) is 0 Å². The van der Waals surface area contributed by atoms with Crippen LogP contribution in [0.5, 0.6) is 0 Å². The predicted octanol–water partition coefficient (Wildman–Crippen LogP) is 3.30. The molecule has 0 spiro atoms. The van der Waals surface area contributed by atoms with Crippen molar-refractivity contribution < 1.29 is 0 Å². The van der Waals surface area contributed by atoms with Gasteiger partial charge in [-0.1, -0.05) is 43.0 Å². The fourth-order valence-electron chi connectivity index (χ4n) is 1.07. The van der Waals surface area contributed by atoms with E-state index < -0.39 is 0 Å². The Morgan fingerprint density at radius 1 is 1.31 bits per heavy atom. The van der Waals surface area contributed by atoms with Gasteiger partial charge in [-0.15, -0.1) is 0 Å². The van der Waals surface area contributed by atoms with Crippen LogP contribution in [0.3, 0.4) is 0 Å². The van der Waals surface area contributed by atoms with Crippen molar-refractivity contribution in [3.8, 4) is 0 Å². The Kier molecular flexibility index (Phi) is 3.71. The van der Waals surface area contributed by atoms with E-state index in [9.17, 15) is 0 Å². The van der Waals surface area contributed by atoms with Crippen LogP contribution < -0.4 is 0 Å². The molecule has 0 saturated carbocycles. The van der Waals surface area contributed by atoms with E-state index in [1.807, 2.05) is 43.3 Å². The van der Waals surface area contributed by atoms with Crippen molar-refractivity contribution in [2.45, 2.75) is 6.92 Å². The van der Waals surface area contributed by atoms with Crippen LogP contribution in [0.4, 0.5) is 0 Å². The molecule has 0 bridgehead atoms. The lowest BCUT2D eigenvalue weighted by Gasteiger charge is -1.99. The van der Waals surface area contributed by atoms with Crippen LogP contribution in [0.15, 0.2) is 54.1 Å². The molecule has 0 heterocycles. The van der Waals surface area contributed by atoms with Crippen molar-refractivity contribution >= 4 is 11.9 Å². The molecule has 1 nitrogen and oxygen atoms in total. The summed E-state index contributed by atoms with van der Waals surface area (Å²) in [7, 11) is 0. The van der Waals surface area contributed by atoms with Gasteiger partial charge in [-0.2, -0.15) is 0 Å². The minimum atomic E-state index is 0.943. The van der Waals surface area contributed by atoms with E-state index in [4.69, 9.17) is 0 Å². The Hall–Kier alpha value is -1.63. The first-order valence-electron chi connectivity index (χ1n) is 4.25. The fourth-order valence-corrected chi connectivity index (χ4v) is 1.07. The summed E-state index contributed by atoms with van der Waals surface area (Å²) < 4.78 is 0. The zero-order valence-electron chi connectivity index (χ0n) is 7.77. The van der Waals surface area contributed by atoms with E-state index in [1.165, 1.54) is 0 Å². The second kappa shape index (κ2) is 5.09. The quantitative estimate of drug-likeness (QED) is 0.488. The first-order valence-corrected chi connectivity index (χ1v) is 4.25. The highest BCUT2D eigenvalue weighted by Gasteiger charge is 1.94. The molecular weight excluding hydrogens is 158 g/mol. The third kappa shape index (κ3) is 2.71. The van der Waals surface area contributed by atoms with Crippen molar-refractivity contribution in [3.63, 3.8) is 0 Å². The third-order valence-corrected chi connectivity index (χ3v) is 1.61. The predicted molar refractivity (Wildman–Crippen MR) is 58.8 cm³/mol. The van der Waals surface area contributed by atoms with Crippen LogP contribution in [0.1, 0.15) is 12.5 Å². The molecule has 0 amide bonds. The minimum Gasteiger partial charge on any atom is -0.261 e. The molecule has 1 aromatic rings. The van der Waals surface area contributed by atoms with E-state index in [1.54, 1.807) is 12.3 Å². The Morgan fingerprint density at radius 2 is 2.00 bits per heavy atom. The molecule has 0 aliphatic carbocycles. The molecular formula is C12H13N. The molecule has 0 unspecified atom stereocenters. The Labute approximate surface area is 79.1 Å². The zero-order chi connectivity index (χ0) is 9.52. The van der Waals surface area contributed by atoms with Crippen LogP contribution in [-0.4, -0.2) is 6.21 Å². The average Bonchev–Trinajstić information content (AvgIpc) is 2.19. The molecule has 13 heavy (non-hydrogen) atoms. The highest BCUT2D eigenvalue weighted by atomic mass is 14.7. The number of aliphatic imine (C=N–C) groups is 1. The van der Waals surface area contributed by atoms with Gasteiger partial charge in [0.05, 0.1) is 5.70 Å². The minimum absolute atomic E-state index is 0.943. The Morgan fingerprint density at radius 3 is 2.54 bits per heavy atom. The van der Waals surface area contributed by atoms with Crippen LogP contribution in [0.2, 0.25) is 0 Å². The van der Waals surface area contributed by atoms with Gasteiger partial charge in [-0.05, 0) is 13.0 Å². The molecule has 0 aliphatic heterocycles. The molecule has 0 radical (unpaired) electrons. The van der Waals surface area contributed by atoms with Crippen LogP contribution in [0, 0.1) is 0 Å². The summed E-state index contributed by atoms with van der Waals surface area (Å²) >= 11 is 0. The van der Waals surface area contributed by atoms with Crippen LogP contribution in [0.25, 0.3) is 5.70 Å². The largest absolute Gasteiger partial charge is 0.261 e. The lowest BCUT2D eigenvalue weighted by atomic mass is 10.1. The number of rotatable bonds is 3. The van der Waals surface area contributed by atoms with Gasteiger partial charge in [0.15, 0.2) is 0 Å². The SMILES string of the molecule is C=C/C=C(\N=CC)c1ccccc1. The highest BCUT2D eigenvalue weighted by molar-refractivity contribution is 5.73. The summed E-state index contributed by atoms with van der Waals surface area (Å²) in [6.45, 7) is 5.56. The van der Waals surface area contributed by atoms with Crippen molar-refractivity contribution in [2.24, 2.45) is 4.99 Å². The van der Waals surface area contributed by atoms with Crippen molar-refractivity contribution in [1.82, 2.24) is 0 Å². The summed E-state index contributed by atoms with van der Waals surface area (Å²) in [5.74, 6) is 0. The second-order valence-electron chi connectivity index (χ2n) is 2.54. The second-order valence-corrected chi connectivity index (χ2v) is 2.54. The first-order chi connectivity index (χ1) is 6.38. The third-order valence-electron chi connectivity index (χ3n) is 1.61. The molecule has 1 heteroatoms. The van der Waals surface area contributed by atoms with E-state index >= 15 is 0 Å². The molecule has 66 valence electrons. The normalized spacial score (nSPS) is 11.9. The van der Waals surface area contributed by atoms with Crippen LogP contribution in [-0.2, 0) is 0 Å². The maximum absolute atomic E-state index is 4.25. The zero-order valence-corrected chi connectivity index (χ0v) is 7.77. The van der Waals surface area contributed by atoms with Gasteiger partial charge < -0.3 is 0 Å². The van der Waals surface area contributed by atoms with E-state index in [-0.39, 0.29) is 0 Å². The van der Waals surface area contributed by atoms with E-state index in [0.717, 1.165) is 11.3 Å². The maximum atomic E-state index is 4.25. The lowest BCUT2D eigenvalue weighted by Crippen LogP contribution is -1.79. The Bertz CT molecular complexity index is 320. The molecule has 1 rings (SSSR count). The standard InChI is InChI=1S/C12H13N/c1-3-8-12(13-4-2)11-9-6-5-7-10-11/h3-10H,1H2,2H3/b12-8-,13-4?. The summed E-state index contributed by atoms with van der Waals surface area (Å²) in [6, 6.07) is 10.0. The molecule has 0 aliphatic rings. The number of hydrogen-bond donors (Lipinski definition) is 0. The molecule has 0 N–H and O–H groups in total. The summed E-state index contributed by atoms with van der Waals surface area (Å²) in [5, 5.41) is 0. The Balaban J connectivity index is 3.03. The van der Waals surface area contributed by atoms with E-state index in [0.29, 0.717) is 0 Å². The summed E-state index contributed by atoms with van der Waals surface area (Å²) in [5.41, 5.74) is 2.05. The molecule has 0 fully saturated rings. The number of allylic oxidation sites excluding steroid dienone is 2. The van der Waals surface area contributed by atoms with Crippen molar-refractivity contribution in [2.75, 3.05) is 0 Å². The maximum Gasteiger partial charge on any atom is 0.0697 e. The average molecular weight is 171 g/mol. The molecule has 0 saturated heterocycles. The van der Waals surface area contributed by atoms with Crippen LogP contribution >= 0.6 is 0 Å². The topological polar surface area (TPSA) is 12.4 Å². The van der Waals surface area contributed by atoms with Gasteiger partial charge in [0.25, 0.3) is 0 Å². The summed E-state index contributed by atoms with van der Waals surface area (Å²) in [6.07, 6.45) is 5.42. The molecule has 0 aromatic heterocycles. The molecule has 0 atom stereocenters.